The van der Waals surface area contributed by atoms with Crippen molar-refractivity contribution >= 4 is 5.84 Å². The molecular formula is C17H21N3O. The maximum absolute atomic E-state index is 7.55. The van der Waals surface area contributed by atoms with Crippen molar-refractivity contribution in [3.8, 4) is 11.5 Å². The topological polar surface area (TPSA) is 72.0 Å². The highest BCUT2D eigenvalue weighted by molar-refractivity contribution is 5.95. The molecule has 0 aliphatic heterocycles. The summed E-state index contributed by atoms with van der Waals surface area (Å²) in [6.07, 6.45) is 1.60. The molecule has 0 spiro atoms. The first kappa shape index (κ1) is 15.0. The number of nitrogens with zero attached hydrogens (tertiary/aromatic N) is 1. The summed E-state index contributed by atoms with van der Waals surface area (Å²) in [5.41, 5.74) is 8.28. The molecule has 0 bridgehead atoms. The van der Waals surface area contributed by atoms with Crippen molar-refractivity contribution in [2.75, 3.05) is 0 Å². The molecule has 4 nitrogen and oxygen atoms in total. The number of aromatic nitrogens is 1. The standard InChI is InChI=1S/C17H21N3O/c1-11-10-12(17(2,3)4)7-8-13(11)21-14-6-5-9-20-15(14)16(18)19/h5-10H,1-4H3,(H3,18,19). The van der Waals surface area contributed by atoms with E-state index in [0.717, 1.165) is 11.3 Å². The van der Waals surface area contributed by atoms with E-state index >= 15 is 0 Å². The lowest BCUT2D eigenvalue weighted by atomic mass is 9.86. The Morgan fingerprint density at radius 1 is 1.19 bits per heavy atom. The predicted molar refractivity (Wildman–Crippen MR) is 85.2 cm³/mol. The van der Waals surface area contributed by atoms with Gasteiger partial charge < -0.3 is 10.5 Å². The van der Waals surface area contributed by atoms with Gasteiger partial charge in [0.05, 0.1) is 0 Å². The molecule has 21 heavy (non-hydrogen) atoms. The molecule has 0 amide bonds. The Labute approximate surface area is 125 Å². The lowest BCUT2D eigenvalue weighted by Gasteiger charge is -2.20. The third-order valence-corrected chi connectivity index (χ3v) is 3.29. The van der Waals surface area contributed by atoms with E-state index in [1.165, 1.54) is 5.56 Å². The first-order chi connectivity index (χ1) is 9.79. The maximum atomic E-state index is 7.55. The molecule has 0 radical (unpaired) electrons. The Bertz CT molecular complexity index is 672. The molecule has 4 heteroatoms. The third-order valence-electron chi connectivity index (χ3n) is 3.29. The van der Waals surface area contributed by atoms with Crippen LogP contribution in [0.2, 0.25) is 0 Å². The van der Waals surface area contributed by atoms with Crippen molar-refractivity contribution in [2.24, 2.45) is 5.73 Å². The number of hydrogen-bond acceptors (Lipinski definition) is 3. The van der Waals surface area contributed by atoms with Gasteiger partial charge in [0, 0.05) is 6.20 Å². The van der Waals surface area contributed by atoms with E-state index in [-0.39, 0.29) is 11.3 Å². The van der Waals surface area contributed by atoms with Gasteiger partial charge in [-0.1, -0.05) is 32.9 Å². The number of amidine groups is 1. The van der Waals surface area contributed by atoms with Crippen LogP contribution in [0, 0.1) is 12.3 Å². The van der Waals surface area contributed by atoms with Gasteiger partial charge in [0.2, 0.25) is 0 Å². The van der Waals surface area contributed by atoms with Crippen LogP contribution in [0.3, 0.4) is 0 Å². The van der Waals surface area contributed by atoms with Crippen LogP contribution in [0.15, 0.2) is 36.5 Å². The van der Waals surface area contributed by atoms with Gasteiger partial charge in [-0.25, -0.2) is 4.98 Å². The molecule has 0 aliphatic rings. The molecule has 0 saturated heterocycles. The van der Waals surface area contributed by atoms with Crippen LogP contribution in [-0.2, 0) is 5.41 Å². The highest BCUT2D eigenvalue weighted by Crippen LogP contribution is 2.31. The normalized spacial score (nSPS) is 11.2. The molecule has 1 heterocycles. The Morgan fingerprint density at radius 2 is 1.90 bits per heavy atom. The first-order valence-electron chi connectivity index (χ1n) is 6.87. The quantitative estimate of drug-likeness (QED) is 0.665. The van der Waals surface area contributed by atoms with Crippen LogP contribution in [0.25, 0.3) is 0 Å². The Kier molecular flexibility index (Phi) is 3.98. The van der Waals surface area contributed by atoms with Crippen LogP contribution in [-0.4, -0.2) is 10.8 Å². The van der Waals surface area contributed by atoms with Gasteiger partial charge in [0.25, 0.3) is 0 Å². The lowest BCUT2D eigenvalue weighted by molar-refractivity contribution is 0.474. The number of aryl methyl sites for hydroxylation is 1. The second-order valence-electron chi connectivity index (χ2n) is 6.10. The van der Waals surface area contributed by atoms with Crippen LogP contribution >= 0.6 is 0 Å². The summed E-state index contributed by atoms with van der Waals surface area (Å²) < 4.78 is 5.89. The van der Waals surface area contributed by atoms with E-state index in [2.05, 4.69) is 37.9 Å². The molecule has 0 aliphatic carbocycles. The molecule has 1 aromatic heterocycles. The van der Waals surface area contributed by atoms with Crippen molar-refractivity contribution in [1.29, 1.82) is 5.41 Å². The molecule has 0 saturated carbocycles. The molecule has 1 aromatic carbocycles. The number of pyridine rings is 1. The smallest absolute Gasteiger partial charge is 0.156 e. The molecule has 0 atom stereocenters. The van der Waals surface area contributed by atoms with Gasteiger partial charge >= 0.3 is 0 Å². The fourth-order valence-corrected chi connectivity index (χ4v) is 2.02. The van der Waals surface area contributed by atoms with Gasteiger partial charge in [-0.15, -0.1) is 0 Å². The molecule has 0 unspecified atom stereocenters. The van der Waals surface area contributed by atoms with Crippen molar-refractivity contribution in [3.63, 3.8) is 0 Å². The van der Waals surface area contributed by atoms with E-state index in [0.29, 0.717) is 11.4 Å². The minimum absolute atomic E-state index is 0.0993. The SMILES string of the molecule is Cc1cc(C(C)(C)C)ccc1Oc1cccnc1C(=N)N. The number of hydrogen-bond donors (Lipinski definition) is 2. The van der Waals surface area contributed by atoms with E-state index < -0.39 is 0 Å². The summed E-state index contributed by atoms with van der Waals surface area (Å²) in [6, 6.07) is 9.67. The maximum Gasteiger partial charge on any atom is 0.156 e. The molecular weight excluding hydrogens is 262 g/mol. The molecule has 2 rings (SSSR count). The largest absolute Gasteiger partial charge is 0.455 e. The van der Waals surface area contributed by atoms with Gasteiger partial charge in [0.1, 0.15) is 17.3 Å². The number of nitrogens with one attached hydrogen (secondary N) is 1. The van der Waals surface area contributed by atoms with Crippen LogP contribution in [0.4, 0.5) is 0 Å². The van der Waals surface area contributed by atoms with Crippen molar-refractivity contribution < 1.29 is 4.74 Å². The average Bonchev–Trinajstić information content (AvgIpc) is 2.40. The number of benzene rings is 1. The Hall–Kier alpha value is -2.36. The van der Waals surface area contributed by atoms with Crippen molar-refractivity contribution in [2.45, 2.75) is 33.1 Å². The van der Waals surface area contributed by atoms with Gasteiger partial charge in [-0.3, -0.25) is 5.41 Å². The highest BCUT2D eigenvalue weighted by Gasteiger charge is 2.16. The molecule has 0 fully saturated rings. The zero-order valence-corrected chi connectivity index (χ0v) is 12.9. The predicted octanol–water partition coefficient (Wildman–Crippen LogP) is 3.76. The first-order valence-corrected chi connectivity index (χ1v) is 6.87. The van der Waals surface area contributed by atoms with Gasteiger partial charge in [-0.2, -0.15) is 0 Å². The minimum Gasteiger partial charge on any atom is -0.455 e. The van der Waals surface area contributed by atoms with Crippen LogP contribution in [0.5, 0.6) is 11.5 Å². The minimum atomic E-state index is -0.102. The molecule has 110 valence electrons. The summed E-state index contributed by atoms with van der Waals surface area (Å²) in [5, 5.41) is 7.55. The second-order valence-corrected chi connectivity index (χ2v) is 6.10. The number of nitrogen functional groups attached to an aromatic ring is 1. The third kappa shape index (κ3) is 3.40. The van der Waals surface area contributed by atoms with Crippen molar-refractivity contribution in [1.82, 2.24) is 4.98 Å². The molecule has 2 aromatic rings. The van der Waals surface area contributed by atoms with E-state index in [1.54, 1.807) is 18.3 Å². The van der Waals surface area contributed by atoms with Gasteiger partial charge in [0.15, 0.2) is 5.75 Å². The second kappa shape index (κ2) is 5.56. The summed E-state index contributed by atoms with van der Waals surface area (Å²) in [5.74, 6) is 1.14. The summed E-state index contributed by atoms with van der Waals surface area (Å²) in [7, 11) is 0. The Morgan fingerprint density at radius 3 is 2.48 bits per heavy atom. The summed E-state index contributed by atoms with van der Waals surface area (Å²) in [6.45, 7) is 8.54. The van der Waals surface area contributed by atoms with Gasteiger partial charge in [-0.05, 0) is 41.7 Å². The number of rotatable bonds is 3. The average molecular weight is 283 g/mol. The Balaban J connectivity index is 2.35. The van der Waals surface area contributed by atoms with E-state index in [1.807, 2.05) is 13.0 Å². The monoisotopic (exact) mass is 283 g/mol. The molecule has 3 N–H and O–H groups in total. The number of nitrogens with two attached hydrogens (primary N) is 1. The van der Waals surface area contributed by atoms with E-state index in [4.69, 9.17) is 15.9 Å². The van der Waals surface area contributed by atoms with Crippen LogP contribution in [0.1, 0.15) is 37.6 Å². The zero-order chi connectivity index (χ0) is 15.6. The lowest BCUT2D eigenvalue weighted by Crippen LogP contribution is -2.14. The summed E-state index contributed by atoms with van der Waals surface area (Å²) >= 11 is 0. The fraction of sp³-hybridized carbons (Fsp3) is 0.294. The fourth-order valence-electron chi connectivity index (χ4n) is 2.02. The van der Waals surface area contributed by atoms with Crippen molar-refractivity contribution in [3.05, 3.63) is 53.3 Å². The number of ether oxygens (including phenoxy) is 1. The van der Waals surface area contributed by atoms with Crippen LogP contribution < -0.4 is 10.5 Å². The summed E-state index contributed by atoms with van der Waals surface area (Å²) in [4.78, 5) is 4.09. The highest BCUT2D eigenvalue weighted by atomic mass is 16.5. The zero-order valence-electron chi connectivity index (χ0n) is 12.9. The van der Waals surface area contributed by atoms with E-state index in [9.17, 15) is 0 Å².